The van der Waals surface area contributed by atoms with Crippen LogP contribution in [0.25, 0.3) is 105 Å². The highest BCUT2D eigenvalue weighted by Gasteiger charge is 2.38. The highest BCUT2D eigenvalue weighted by molar-refractivity contribution is 6.27. The summed E-state index contributed by atoms with van der Waals surface area (Å²) in [6.45, 7) is 0. The summed E-state index contributed by atoms with van der Waals surface area (Å²) in [6, 6.07) is 60.1. The molecule has 0 N–H and O–H groups in total. The first kappa shape index (κ1) is 29.8. The fourth-order valence-electron chi connectivity index (χ4n) is 9.71. The molecule has 0 saturated carbocycles. The Hall–Kier alpha value is -7.63. The number of para-hydroxylation sites is 4. The van der Waals surface area contributed by atoms with E-state index in [1.165, 1.54) is 21.5 Å². The molecule has 3 aliphatic carbocycles. The van der Waals surface area contributed by atoms with Crippen LogP contribution in [0.5, 0.6) is 0 Å². The predicted octanol–water partition coefficient (Wildman–Crippen LogP) is 12.9. The Morgan fingerprint density at radius 1 is 0.375 bits per heavy atom. The Labute approximate surface area is 319 Å². The minimum Gasteiger partial charge on any atom is -0.461 e. The summed E-state index contributed by atoms with van der Waals surface area (Å²) < 4.78 is 13.3. The molecule has 0 amide bonds. The Bertz CT molecular complexity index is 3350. The zero-order valence-electron chi connectivity index (χ0n) is 29.9. The van der Waals surface area contributed by atoms with Gasteiger partial charge in [-0.05, 0) is 77.9 Å². The van der Waals surface area contributed by atoms with Crippen LogP contribution in [0.1, 0.15) is 15.9 Å². The summed E-state index contributed by atoms with van der Waals surface area (Å²) in [7, 11) is 0. The van der Waals surface area contributed by atoms with Crippen LogP contribution in [0.2, 0.25) is 0 Å². The third-order valence-corrected chi connectivity index (χ3v) is 12.0. The monoisotopic (exact) mass is 715 g/mol. The minimum absolute atomic E-state index is 0.00116. The van der Waals surface area contributed by atoms with E-state index in [1.54, 1.807) is 6.26 Å². The summed E-state index contributed by atoms with van der Waals surface area (Å²) in [5, 5.41) is 7.07. The molecule has 260 valence electrons. The molecule has 5 heteroatoms. The number of furan rings is 1. The van der Waals surface area contributed by atoms with Crippen LogP contribution in [-0.4, -0.2) is 19.5 Å². The average Bonchev–Trinajstić information content (AvgIpc) is 4.06. The van der Waals surface area contributed by atoms with Crippen LogP contribution in [-0.2, 0) is 0 Å². The molecule has 0 bridgehead atoms. The lowest BCUT2D eigenvalue weighted by Crippen LogP contribution is -2.03. The van der Waals surface area contributed by atoms with Gasteiger partial charge < -0.3 is 18.1 Å². The second-order valence-electron chi connectivity index (χ2n) is 14.8. The fraction of sp³-hybridized carbons (Fsp3) is 0. The summed E-state index contributed by atoms with van der Waals surface area (Å²) in [4.78, 5) is 14.6. The lowest BCUT2D eigenvalue weighted by molar-refractivity contribution is 0.104. The number of rotatable bonds is 3. The number of fused-ring (bicyclic) bond motifs is 14. The number of nitrogens with zero attached hydrogens (tertiary/aromatic N) is 3. The summed E-state index contributed by atoms with van der Waals surface area (Å²) in [6.07, 6.45) is 1.77. The molecule has 4 heterocycles. The summed E-state index contributed by atoms with van der Waals surface area (Å²) >= 11 is 0. The Balaban J connectivity index is 1.11. The average molecular weight is 716 g/mol. The van der Waals surface area contributed by atoms with Crippen molar-refractivity contribution in [1.29, 1.82) is 0 Å². The molecule has 4 aromatic heterocycles. The van der Waals surface area contributed by atoms with Gasteiger partial charge in [0, 0.05) is 54.8 Å². The first-order valence-electron chi connectivity index (χ1n) is 19.0. The third kappa shape index (κ3) is 3.76. The summed E-state index contributed by atoms with van der Waals surface area (Å²) in [5.41, 5.74) is 13.7. The Morgan fingerprint density at radius 3 is 1.38 bits per heavy atom. The zero-order valence-corrected chi connectivity index (χ0v) is 29.9. The van der Waals surface area contributed by atoms with Crippen molar-refractivity contribution < 1.29 is 9.21 Å². The number of hydrogen-bond donors (Lipinski definition) is 0. The van der Waals surface area contributed by atoms with Gasteiger partial charge in [-0.25, -0.2) is 0 Å². The standard InChI is InChI=1S/C51H29N3O2/c55-50-48-33-13-3-1-2-12-30(33)26-40(48)51-49(50)47(29-56-51)54-45-24-22-31(52-41-18-8-4-14-34(41)35-15-5-9-19-42(35)52)27-38(45)39-28-32(23-25-46(39)54)53-43-20-10-6-16-36(43)37-17-7-11-21-44(37)53/h1-29H. The SMILES string of the molecule is O=C1c2c3cccccc-3cc2-c2occ(-n3c4ccc(-n5c6ccccc6c6ccccc65)cc4c4cc(-n5c6ccccc6c6ccccc65)ccc43)c21. The topological polar surface area (TPSA) is 45.0 Å². The van der Waals surface area contributed by atoms with E-state index in [4.69, 9.17) is 4.42 Å². The number of aromatic nitrogens is 3. The van der Waals surface area contributed by atoms with E-state index >= 15 is 0 Å². The van der Waals surface area contributed by atoms with Gasteiger partial charge in [0.05, 0.1) is 44.4 Å². The molecular weight excluding hydrogens is 687 g/mol. The van der Waals surface area contributed by atoms with Crippen LogP contribution in [0, 0.1) is 0 Å². The highest BCUT2D eigenvalue weighted by atomic mass is 16.3. The van der Waals surface area contributed by atoms with Gasteiger partial charge >= 0.3 is 0 Å². The van der Waals surface area contributed by atoms with Gasteiger partial charge in [0.25, 0.3) is 0 Å². The van der Waals surface area contributed by atoms with E-state index in [0.717, 1.165) is 83.2 Å². The molecule has 0 spiro atoms. The second-order valence-corrected chi connectivity index (χ2v) is 14.8. The van der Waals surface area contributed by atoms with Crippen LogP contribution >= 0.6 is 0 Å². The van der Waals surface area contributed by atoms with Gasteiger partial charge in [0.1, 0.15) is 12.0 Å². The van der Waals surface area contributed by atoms with Crippen molar-refractivity contribution in [3.63, 3.8) is 0 Å². The number of carbonyl (C=O) groups is 1. The molecule has 6 aromatic carbocycles. The smallest absolute Gasteiger partial charge is 0.200 e. The van der Waals surface area contributed by atoms with Crippen molar-refractivity contribution in [2.75, 3.05) is 0 Å². The van der Waals surface area contributed by atoms with Gasteiger partial charge in [-0.1, -0.05) is 103 Å². The lowest BCUT2D eigenvalue weighted by atomic mass is 10.0. The molecular formula is C51H29N3O2. The van der Waals surface area contributed by atoms with Gasteiger partial charge in [0.15, 0.2) is 5.78 Å². The van der Waals surface area contributed by atoms with Crippen molar-refractivity contribution in [2.45, 2.75) is 0 Å². The van der Waals surface area contributed by atoms with Crippen molar-refractivity contribution in [2.24, 2.45) is 0 Å². The van der Waals surface area contributed by atoms with Gasteiger partial charge in [-0.2, -0.15) is 0 Å². The van der Waals surface area contributed by atoms with E-state index in [-0.39, 0.29) is 5.78 Å². The number of hydrogen-bond acceptors (Lipinski definition) is 2. The van der Waals surface area contributed by atoms with Gasteiger partial charge in [-0.15, -0.1) is 0 Å². The van der Waals surface area contributed by atoms with Crippen LogP contribution < -0.4 is 0 Å². The molecule has 13 rings (SSSR count). The molecule has 0 saturated heterocycles. The van der Waals surface area contributed by atoms with Gasteiger partial charge in [-0.3, -0.25) is 4.79 Å². The van der Waals surface area contributed by atoms with Crippen molar-refractivity contribution in [3.8, 4) is 39.5 Å². The first-order chi connectivity index (χ1) is 27.7. The van der Waals surface area contributed by atoms with Crippen LogP contribution in [0.4, 0.5) is 0 Å². The van der Waals surface area contributed by atoms with Gasteiger partial charge in [0.2, 0.25) is 0 Å². The minimum atomic E-state index is -0.00116. The van der Waals surface area contributed by atoms with Crippen molar-refractivity contribution >= 4 is 71.2 Å². The summed E-state index contributed by atoms with van der Waals surface area (Å²) in [5.74, 6) is 0.636. The van der Waals surface area contributed by atoms with Crippen LogP contribution in [0.3, 0.4) is 0 Å². The second kappa shape index (κ2) is 10.7. The predicted molar refractivity (Wildman–Crippen MR) is 227 cm³/mol. The van der Waals surface area contributed by atoms with E-state index in [9.17, 15) is 4.79 Å². The lowest BCUT2D eigenvalue weighted by Gasteiger charge is -2.10. The zero-order chi connectivity index (χ0) is 36.6. The van der Waals surface area contributed by atoms with Crippen molar-refractivity contribution in [3.05, 3.63) is 187 Å². The molecule has 3 aliphatic rings. The maximum atomic E-state index is 14.6. The molecule has 10 aromatic rings. The van der Waals surface area contributed by atoms with E-state index in [2.05, 4.69) is 159 Å². The maximum absolute atomic E-state index is 14.6. The molecule has 0 radical (unpaired) electrons. The molecule has 0 atom stereocenters. The van der Waals surface area contributed by atoms with Crippen molar-refractivity contribution in [1.82, 2.24) is 13.7 Å². The number of benzene rings is 6. The molecule has 56 heavy (non-hydrogen) atoms. The molecule has 0 aliphatic heterocycles. The third-order valence-electron chi connectivity index (χ3n) is 12.0. The molecule has 0 unspecified atom stereocenters. The Morgan fingerprint density at radius 2 is 0.839 bits per heavy atom. The number of ketones is 1. The van der Waals surface area contributed by atoms with E-state index in [0.29, 0.717) is 11.3 Å². The highest BCUT2D eigenvalue weighted by Crippen LogP contribution is 2.49. The molecule has 5 nitrogen and oxygen atoms in total. The quantitative estimate of drug-likeness (QED) is 0.183. The Kier molecular flexibility index (Phi) is 5.71. The number of carbonyl (C=O) groups excluding carboxylic acids is 1. The van der Waals surface area contributed by atoms with E-state index in [1.807, 2.05) is 24.3 Å². The normalized spacial score (nSPS) is 12.7. The first-order valence-corrected chi connectivity index (χ1v) is 19.0. The largest absolute Gasteiger partial charge is 0.461 e. The fourth-order valence-corrected chi connectivity index (χ4v) is 9.71. The van der Waals surface area contributed by atoms with Crippen LogP contribution in [0.15, 0.2) is 181 Å². The maximum Gasteiger partial charge on any atom is 0.200 e. The van der Waals surface area contributed by atoms with E-state index < -0.39 is 0 Å². The molecule has 0 fully saturated rings.